The Hall–Kier alpha value is -1.63. The second kappa shape index (κ2) is 6.43. The first-order chi connectivity index (χ1) is 9.88. The molecule has 1 unspecified atom stereocenters. The van der Waals surface area contributed by atoms with Crippen LogP contribution in [0.3, 0.4) is 0 Å². The van der Waals surface area contributed by atoms with Crippen LogP contribution in [0, 0.1) is 10.1 Å². The summed E-state index contributed by atoms with van der Waals surface area (Å²) in [6.45, 7) is 1.59. The summed E-state index contributed by atoms with van der Waals surface area (Å²) in [6, 6.07) is 9.20. The molecule has 0 aliphatic carbocycles. The van der Waals surface area contributed by atoms with E-state index in [9.17, 15) is 15.2 Å². The molecule has 0 aliphatic heterocycles. The van der Waals surface area contributed by atoms with Gasteiger partial charge in [-0.25, -0.2) is 0 Å². The zero-order valence-electron chi connectivity index (χ0n) is 10.9. The van der Waals surface area contributed by atoms with Gasteiger partial charge in [-0.15, -0.1) is 0 Å². The molecule has 7 heteroatoms. The summed E-state index contributed by atoms with van der Waals surface area (Å²) < 4.78 is 6.37. The summed E-state index contributed by atoms with van der Waals surface area (Å²) in [6.07, 6.45) is -0.774. The Kier molecular flexibility index (Phi) is 4.82. The third-order valence-electron chi connectivity index (χ3n) is 2.76. The Morgan fingerprint density at radius 1 is 1.29 bits per heavy atom. The number of halogens is 2. The highest BCUT2D eigenvalue weighted by Crippen LogP contribution is 2.37. The molecule has 0 saturated carbocycles. The smallest absolute Gasteiger partial charge is 0.313 e. The van der Waals surface area contributed by atoms with E-state index >= 15 is 0 Å². The standard InChI is InChI=1S/C14H11BrClNO4/c1-8(18)11-6-9(15)2-4-13(11)21-14-5-3-10(16)7-12(14)17(19)20/h2-8,18H,1H3. The lowest BCUT2D eigenvalue weighted by molar-refractivity contribution is -0.385. The molecule has 1 N–H and O–H groups in total. The highest BCUT2D eigenvalue weighted by atomic mass is 79.9. The van der Waals surface area contributed by atoms with E-state index < -0.39 is 11.0 Å². The van der Waals surface area contributed by atoms with Gasteiger partial charge < -0.3 is 9.84 Å². The van der Waals surface area contributed by atoms with Crippen molar-refractivity contribution in [2.45, 2.75) is 13.0 Å². The summed E-state index contributed by atoms with van der Waals surface area (Å²) in [4.78, 5) is 10.5. The monoisotopic (exact) mass is 371 g/mol. The van der Waals surface area contributed by atoms with Gasteiger partial charge >= 0.3 is 5.69 Å². The number of nitrogens with zero attached hydrogens (tertiary/aromatic N) is 1. The number of ether oxygens (including phenoxy) is 1. The average molecular weight is 373 g/mol. The molecule has 0 spiro atoms. The molecule has 0 bridgehead atoms. The summed E-state index contributed by atoms with van der Waals surface area (Å²) in [5, 5.41) is 21.1. The predicted molar refractivity (Wildman–Crippen MR) is 83.0 cm³/mol. The molecule has 2 rings (SSSR count). The fraction of sp³-hybridized carbons (Fsp3) is 0.143. The van der Waals surface area contributed by atoms with E-state index in [2.05, 4.69) is 15.9 Å². The van der Waals surface area contributed by atoms with Crippen LogP contribution in [0.5, 0.6) is 11.5 Å². The maximum Gasteiger partial charge on any atom is 0.313 e. The van der Waals surface area contributed by atoms with E-state index in [-0.39, 0.29) is 16.5 Å². The third-order valence-corrected chi connectivity index (χ3v) is 3.49. The molecule has 21 heavy (non-hydrogen) atoms. The highest BCUT2D eigenvalue weighted by molar-refractivity contribution is 9.10. The van der Waals surface area contributed by atoms with Gasteiger partial charge in [0.1, 0.15) is 5.75 Å². The number of hydrogen-bond donors (Lipinski definition) is 1. The van der Waals surface area contributed by atoms with Crippen LogP contribution >= 0.6 is 27.5 Å². The molecule has 0 aromatic heterocycles. The Labute approximate surface area is 134 Å². The number of nitro groups is 1. The SMILES string of the molecule is CC(O)c1cc(Br)ccc1Oc1ccc(Cl)cc1[N+](=O)[O-]. The normalized spacial score (nSPS) is 12.0. The molecular formula is C14H11BrClNO4. The predicted octanol–water partition coefficient (Wildman–Crippen LogP) is 4.86. The van der Waals surface area contributed by atoms with Crippen LogP contribution < -0.4 is 4.74 Å². The van der Waals surface area contributed by atoms with Crippen molar-refractivity contribution in [1.29, 1.82) is 0 Å². The van der Waals surface area contributed by atoms with Crippen molar-refractivity contribution in [1.82, 2.24) is 0 Å². The van der Waals surface area contributed by atoms with Crippen molar-refractivity contribution in [3.63, 3.8) is 0 Å². The Morgan fingerprint density at radius 3 is 2.57 bits per heavy atom. The number of aliphatic hydroxyl groups excluding tert-OH is 1. The summed E-state index contributed by atoms with van der Waals surface area (Å²) in [7, 11) is 0. The fourth-order valence-corrected chi connectivity index (χ4v) is 2.32. The minimum atomic E-state index is -0.774. The molecule has 0 amide bonds. The first-order valence-electron chi connectivity index (χ1n) is 5.98. The zero-order valence-corrected chi connectivity index (χ0v) is 13.3. The second-order valence-electron chi connectivity index (χ2n) is 4.33. The van der Waals surface area contributed by atoms with Gasteiger partial charge in [0, 0.05) is 21.1 Å². The van der Waals surface area contributed by atoms with E-state index in [1.807, 2.05) is 0 Å². The first-order valence-corrected chi connectivity index (χ1v) is 7.15. The molecule has 0 fully saturated rings. The molecule has 0 heterocycles. The van der Waals surface area contributed by atoms with Gasteiger partial charge in [-0.1, -0.05) is 27.5 Å². The lowest BCUT2D eigenvalue weighted by Gasteiger charge is -2.13. The first kappa shape index (κ1) is 15.8. The van der Waals surface area contributed by atoms with E-state index in [1.54, 1.807) is 25.1 Å². The molecule has 5 nitrogen and oxygen atoms in total. The van der Waals surface area contributed by atoms with Crippen molar-refractivity contribution in [3.8, 4) is 11.5 Å². The van der Waals surface area contributed by atoms with Crippen LogP contribution in [0.4, 0.5) is 5.69 Å². The fourth-order valence-electron chi connectivity index (χ4n) is 1.78. The van der Waals surface area contributed by atoms with Crippen LogP contribution in [-0.2, 0) is 0 Å². The molecule has 1 atom stereocenters. The van der Waals surface area contributed by atoms with Crippen LogP contribution in [0.1, 0.15) is 18.6 Å². The second-order valence-corrected chi connectivity index (χ2v) is 5.68. The molecule has 2 aromatic rings. The van der Waals surface area contributed by atoms with Gasteiger partial charge in [0.05, 0.1) is 11.0 Å². The summed E-state index contributed by atoms with van der Waals surface area (Å²) in [5.41, 5.74) is 0.288. The topological polar surface area (TPSA) is 72.6 Å². The van der Waals surface area contributed by atoms with E-state index in [1.165, 1.54) is 18.2 Å². The van der Waals surface area contributed by atoms with Gasteiger partial charge in [0.15, 0.2) is 0 Å². The number of benzene rings is 2. The molecule has 2 aromatic carbocycles. The lowest BCUT2D eigenvalue weighted by Crippen LogP contribution is -1.98. The molecule has 110 valence electrons. The number of nitro benzene ring substituents is 1. The van der Waals surface area contributed by atoms with Gasteiger partial charge in [-0.05, 0) is 37.3 Å². The maximum absolute atomic E-state index is 11.0. The minimum absolute atomic E-state index is 0.0635. The van der Waals surface area contributed by atoms with Crippen molar-refractivity contribution in [2.75, 3.05) is 0 Å². The van der Waals surface area contributed by atoms with Crippen molar-refractivity contribution >= 4 is 33.2 Å². The largest absolute Gasteiger partial charge is 0.450 e. The van der Waals surface area contributed by atoms with Gasteiger partial charge in [-0.3, -0.25) is 10.1 Å². The van der Waals surface area contributed by atoms with E-state index in [0.29, 0.717) is 11.3 Å². The van der Waals surface area contributed by atoms with Crippen molar-refractivity contribution in [2.24, 2.45) is 0 Å². The van der Waals surface area contributed by atoms with Crippen LogP contribution in [0.2, 0.25) is 5.02 Å². The minimum Gasteiger partial charge on any atom is -0.450 e. The van der Waals surface area contributed by atoms with Crippen LogP contribution in [0.15, 0.2) is 40.9 Å². The number of rotatable bonds is 4. The van der Waals surface area contributed by atoms with Crippen molar-refractivity contribution in [3.05, 3.63) is 61.6 Å². The van der Waals surface area contributed by atoms with Crippen molar-refractivity contribution < 1.29 is 14.8 Å². The quantitative estimate of drug-likeness (QED) is 0.614. The molecule has 0 aliphatic rings. The third kappa shape index (κ3) is 3.72. The van der Waals surface area contributed by atoms with E-state index in [0.717, 1.165) is 4.47 Å². The Bertz CT molecular complexity index is 691. The van der Waals surface area contributed by atoms with Crippen LogP contribution in [0.25, 0.3) is 0 Å². The lowest BCUT2D eigenvalue weighted by atomic mass is 10.1. The van der Waals surface area contributed by atoms with Gasteiger partial charge in [0.2, 0.25) is 5.75 Å². The molecular weight excluding hydrogens is 362 g/mol. The highest BCUT2D eigenvalue weighted by Gasteiger charge is 2.19. The maximum atomic E-state index is 11.0. The zero-order chi connectivity index (χ0) is 15.6. The summed E-state index contributed by atoms with van der Waals surface area (Å²) >= 11 is 9.07. The van der Waals surface area contributed by atoms with E-state index in [4.69, 9.17) is 16.3 Å². The molecule has 0 saturated heterocycles. The Morgan fingerprint density at radius 2 is 1.95 bits per heavy atom. The average Bonchev–Trinajstić information content (AvgIpc) is 2.42. The van der Waals surface area contributed by atoms with Gasteiger partial charge in [-0.2, -0.15) is 0 Å². The number of hydrogen-bond acceptors (Lipinski definition) is 4. The summed E-state index contributed by atoms with van der Waals surface area (Å²) in [5.74, 6) is 0.409. The number of aliphatic hydroxyl groups is 1. The van der Waals surface area contributed by atoms with Gasteiger partial charge in [0.25, 0.3) is 0 Å². The molecule has 0 radical (unpaired) electrons. The van der Waals surface area contributed by atoms with Crippen LogP contribution in [-0.4, -0.2) is 10.0 Å². The Balaban J connectivity index is 2.46.